The van der Waals surface area contributed by atoms with Gasteiger partial charge in [0, 0.05) is 5.56 Å². The van der Waals surface area contributed by atoms with Gasteiger partial charge in [-0.1, -0.05) is 24.3 Å². The van der Waals surface area contributed by atoms with Crippen LogP contribution in [0.25, 0.3) is 0 Å². The number of para-hydroxylation sites is 1. The van der Waals surface area contributed by atoms with Crippen molar-refractivity contribution in [3.8, 4) is 0 Å². The summed E-state index contributed by atoms with van der Waals surface area (Å²) >= 11 is 0. The van der Waals surface area contributed by atoms with Crippen LogP contribution in [-0.2, 0) is 14.3 Å². The number of aliphatic carboxylic acids is 1. The number of carboxylic acid groups (broad SMARTS) is 1. The summed E-state index contributed by atoms with van der Waals surface area (Å²) in [6, 6.07) is 6.64. The number of anilines is 1. The van der Waals surface area contributed by atoms with Crippen LogP contribution in [0.2, 0.25) is 0 Å². The molecule has 1 saturated heterocycles. The van der Waals surface area contributed by atoms with Gasteiger partial charge in [-0.2, -0.15) is 0 Å². The van der Waals surface area contributed by atoms with Gasteiger partial charge in [0.2, 0.25) is 5.91 Å². The third-order valence-electron chi connectivity index (χ3n) is 4.05. The maximum atomic E-state index is 12.5. The molecule has 2 bridgehead atoms. The molecule has 2 aliphatic heterocycles. The molecule has 2 heterocycles. The number of carboxylic acids is 1. The van der Waals surface area contributed by atoms with Crippen molar-refractivity contribution in [2.45, 2.75) is 19.1 Å². The van der Waals surface area contributed by atoms with Crippen LogP contribution in [0.5, 0.6) is 0 Å². The highest BCUT2D eigenvalue weighted by Crippen LogP contribution is 2.40. The molecule has 0 saturated carbocycles. The van der Waals surface area contributed by atoms with Crippen LogP contribution in [0, 0.1) is 11.8 Å². The van der Waals surface area contributed by atoms with Gasteiger partial charge in [0.05, 0.1) is 23.8 Å². The molecule has 0 spiro atoms. The molecule has 0 radical (unpaired) electrons. The number of amides is 1. The lowest BCUT2D eigenvalue weighted by molar-refractivity contribution is -0.145. The number of rotatable bonds is 4. The molecule has 6 heteroatoms. The number of benzene rings is 1. The van der Waals surface area contributed by atoms with E-state index < -0.39 is 35.9 Å². The van der Waals surface area contributed by atoms with Crippen molar-refractivity contribution in [1.29, 1.82) is 0 Å². The Labute approximate surface area is 126 Å². The van der Waals surface area contributed by atoms with Crippen LogP contribution in [0.15, 0.2) is 36.4 Å². The predicted octanol–water partition coefficient (Wildman–Crippen LogP) is 1.48. The van der Waals surface area contributed by atoms with E-state index in [-0.39, 0.29) is 5.78 Å². The van der Waals surface area contributed by atoms with Crippen LogP contribution in [0.1, 0.15) is 17.3 Å². The Morgan fingerprint density at radius 1 is 1.09 bits per heavy atom. The second-order valence-corrected chi connectivity index (χ2v) is 5.43. The summed E-state index contributed by atoms with van der Waals surface area (Å²) in [5, 5.41) is 12.0. The summed E-state index contributed by atoms with van der Waals surface area (Å²) in [4.78, 5) is 35.5. The highest BCUT2D eigenvalue weighted by molar-refractivity contribution is 6.05. The molecule has 0 aromatic heterocycles. The molecule has 3 rings (SSSR count). The van der Waals surface area contributed by atoms with Gasteiger partial charge in [-0.3, -0.25) is 14.4 Å². The Morgan fingerprint density at radius 3 is 2.36 bits per heavy atom. The van der Waals surface area contributed by atoms with Crippen molar-refractivity contribution in [1.82, 2.24) is 0 Å². The molecule has 4 atom stereocenters. The first-order valence-corrected chi connectivity index (χ1v) is 6.96. The average Bonchev–Trinajstić information content (AvgIpc) is 3.08. The van der Waals surface area contributed by atoms with Crippen LogP contribution in [-0.4, -0.2) is 35.0 Å². The fraction of sp³-hybridized carbons (Fsp3) is 0.312. The molecule has 1 fully saturated rings. The SMILES string of the molecule is CC(=O)c1ccccc1NC(=O)[C@@H]1[C@@H](C(=O)O)[C@H]2C=C[C@@H]1O2. The van der Waals surface area contributed by atoms with E-state index in [0.717, 1.165) is 0 Å². The number of ether oxygens (including phenoxy) is 1. The molecule has 2 aliphatic rings. The van der Waals surface area contributed by atoms with Gasteiger partial charge in [0.15, 0.2) is 5.78 Å². The van der Waals surface area contributed by atoms with Crippen LogP contribution < -0.4 is 5.32 Å². The van der Waals surface area contributed by atoms with Crippen LogP contribution >= 0.6 is 0 Å². The Morgan fingerprint density at radius 2 is 1.73 bits per heavy atom. The average molecular weight is 301 g/mol. The van der Waals surface area contributed by atoms with E-state index in [1.165, 1.54) is 6.92 Å². The van der Waals surface area contributed by atoms with Gasteiger partial charge in [-0.05, 0) is 19.1 Å². The van der Waals surface area contributed by atoms with Crippen LogP contribution in [0.4, 0.5) is 5.69 Å². The van der Waals surface area contributed by atoms with Crippen molar-refractivity contribution >= 4 is 23.3 Å². The smallest absolute Gasteiger partial charge is 0.310 e. The molecule has 22 heavy (non-hydrogen) atoms. The van der Waals surface area contributed by atoms with Gasteiger partial charge >= 0.3 is 5.97 Å². The fourth-order valence-electron chi connectivity index (χ4n) is 3.03. The molecule has 0 aliphatic carbocycles. The lowest BCUT2D eigenvalue weighted by Gasteiger charge is -2.21. The normalized spacial score (nSPS) is 28.6. The first-order valence-electron chi connectivity index (χ1n) is 6.96. The topological polar surface area (TPSA) is 92.7 Å². The van der Waals surface area contributed by atoms with E-state index in [9.17, 15) is 19.5 Å². The Bertz CT molecular complexity index is 681. The molecule has 0 unspecified atom stereocenters. The quantitative estimate of drug-likeness (QED) is 0.649. The second-order valence-electron chi connectivity index (χ2n) is 5.43. The minimum Gasteiger partial charge on any atom is -0.481 e. The number of carbonyl (C=O) groups is 3. The lowest BCUT2D eigenvalue weighted by Crippen LogP contribution is -2.39. The zero-order valence-corrected chi connectivity index (χ0v) is 11.9. The van der Waals surface area contributed by atoms with Gasteiger partial charge in [-0.25, -0.2) is 0 Å². The summed E-state index contributed by atoms with van der Waals surface area (Å²) in [5.74, 6) is -3.38. The van der Waals surface area contributed by atoms with Gasteiger partial charge < -0.3 is 15.2 Å². The van der Waals surface area contributed by atoms with E-state index in [4.69, 9.17) is 4.74 Å². The largest absolute Gasteiger partial charge is 0.481 e. The highest BCUT2D eigenvalue weighted by atomic mass is 16.5. The summed E-state index contributed by atoms with van der Waals surface area (Å²) in [6.45, 7) is 1.41. The summed E-state index contributed by atoms with van der Waals surface area (Å²) in [5.41, 5.74) is 0.776. The predicted molar refractivity (Wildman–Crippen MR) is 77.5 cm³/mol. The first kappa shape index (κ1) is 14.5. The molecule has 114 valence electrons. The standard InChI is InChI=1S/C16H15NO5/c1-8(18)9-4-2-3-5-10(9)17-15(19)13-11-6-7-12(22-11)14(13)16(20)21/h2-7,11-14H,1H3,(H,17,19)(H,20,21)/t11-,12+,13-,14-/m0/s1. The van der Waals surface area contributed by atoms with Crippen molar-refractivity contribution < 1.29 is 24.2 Å². The molecule has 1 amide bonds. The molecule has 1 aromatic carbocycles. The van der Waals surface area contributed by atoms with Gasteiger partial charge in [0.1, 0.15) is 5.92 Å². The van der Waals surface area contributed by atoms with E-state index >= 15 is 0 Å². The number of fused-ring (bicyclic) bond motifs is 2. The number of hydrogen-bond acceptors (Lipinski definition) is 4. The molecule has 6 nitrogen and oxygen atoms in total. The minimum absolute atomic E-state index is 0.172. The molecule has 1 aromatic rings. The Hall–Kier alpha value is -2.47. The number of hydrogen-bond donors (Lipinski definition) is 2. The van der Waals surface area contributed by atoms with E-state index in [0.29, 0.717) is 11.3 Å². The van der Waals surface area contributed by atoms with Gasteiger partial charge in [-0.15, -0.1) is 0 Å². The third-order valence-corrected chi connectivity index (χ3v) is 4.05. The zero-order chi connectivity index (χ0) is 15.9. The van der Waals surface area contributed by atoms with Crippen LogP contribution in [0.3, 0.4) is 0 Å². The monoisotopic (exact) mass is 301 g/mol. The molecule has 2 N–H and O–H groups in total. The fourth-order valence-corrected chi connectivity index (χ4v) is 3.03. The molecular formula is C16H15NO5. The third kappa shape index (κ3) is 2.31. The first-order chi connectivity index (χ1) is 10.5. The summed E-state index contributed by atoms with van der Waals surface area (Å²) in [6.07, 6.45) is 2.29. The number of ketones is 1. The second kappa shape index (κ2) is 5.38. The maximum Gasteiger partial charge on any atom is 0.310 e. The number of carbonyl (C=O) groups excluding carboxylic acids is 2. The maximum absolute atomic E-state index is 12.5. The Balaban J connectivity index is 1.85. The number of nitrogens with one attached hydrogen (secondary N) is 1. The van der Waals surface area contributed by atoms with Crippen molar-refractivity contribution in [2.24, 2.45) is 11.8 Å². The zero-order valence-electron chi connectivity index (χ0n) is 11.9. The van der Waals surface area contributed by atoms with Gasteiger partial charge in [0.25, 0.3) is 0 Å². The Kier molecular flexibility index (Phi) is 3.54. The summed E-state index contributed by atoms with van der Waals surface area (Å²) < 4.78 is 5.48. The lowest BCUT2D eigenvalue weighted by atomic mass is 9.82. The number of Topliss-reactive ketones (excluding diaryl/α,β-unsaturated/α-hetero) is 1. The van der Waals surface area contributed by atoms with E-state index in [1.54, 1.807) is 36.4 Å². The van der Waals surface area contributed by atoms with Crippen molar-refractivity contribution in [2.75, 3.05) is 5.32 Å². The van der Waals surface area contributed by atoms with Crippen molar-refractivity contribution in [3.63, 3.8) is 0 Å². The summed E-state index contributed by atoms with van der Waals surface area (Å²) in [7, 11) is 0. The highest BCUT2D eigenvalue weighted by Gasteiger charge is 2.53. The van der Waals surface area contributed by atoms with Crippen molar-refractivity contribution in [3.05, 3.63) is 42.0 Å². The van der Waals surface area contributed by atoms with E-state index in [1.807, 2.05) is 0 Å². The molecular weight excluding hydrogens is 286 g/mol. The minimum atomic E-state index is -1.06. The van der Waals surface area contributed by atoms with E-state index in [2.05, 4.69) is 5.32 Å².